The lowest BCUT2D eigenvalue weighted by atomic mass is 9.99. The molecule has 0 aliphatic carbocycles. The van der Waals surface area contributed by atoms with Gasteiger partial charge in [-0.3, -0.25) is 0 Å². The van der Waals surface area contributed by atoms with Crippen LogP contribution in [0.4, 0.5) is 0 Å². The van der Waals surface area contributed by atoms with E-state index in [0.717, 1.165) is 13.1 Å². The van der Waals surface area contributed by atoms with E-state index in [1.807, 2.05) is 0 Å². The number of rotatable bonds is 2. The van der Waals surface area contributed by atoms with Crippen LogP contribution in [0.5, 0.6) is 0 Å². The fourth-order valence-electron chi connectivity index (χ4n) is 1.72. The van der Waals surface area contributed by atoms with Gasteiger partial charge in [0.1, 0.15) is 0 Å². The molecule has 1 fully saturated rings. The Bertz CT molecular complexity index is 210. The quantitative estimate of drug-likeness (QED) is 0.735. The van der Waals surface area contributed by atoms with Crippen molar-refractivity contribution in [2.45, 2.75) is 58.4 Å². The first-order chi connectivity index (χ1) is 6.74. The first-order valence-corrected chi connectivity index (χ1v) is 9.03. The SMILES string of the molecule is C[C@@H]1CNCC[C@@H]1O[Si](C)(C)C(C)(C)C. The van der Waals surface area contributed by atoms with Gasteiger partial charge in [0.05, 0.1) is 6.10 Å². The topological polar surface area (TPSA) is 21.3 Å². The molecular formula is C12H27NOSi. The number of hydrogen-bond acceptors (Lipinski definition) is 2. The second-order valence-corrected chi connectivity index (χ2v) is 11.1. The lowest BCUT2D eigenvalue weighted by Crippen LogP contribution is -2.49. The van der Waals surface area contributed by atoms with Crippen molar-refractivity contribution >= 4 is 8.32 Å². The lowest BCUT2D eigenvalue weighted by molar-refractivity contribution is 0.0971. The van der Waals surface area contributed by atoms with E-state index in [-0.39, 0.29) is 0 Å². The van der Waals surface area contributed by atoms with Gasteiger partial charge < -0.3 is 9.74 Å². The molecule has 0 aromatic rings. The molecule has 15 heavy (non-hydrogen) atoms. The summed E-state index contributed by atoms with van der Waals surface area (Å²) in [5.74, 6) is 0.660. The highest BCUT2D eigenvalue weighted by Crippen LogP contribution is 2.38. The van der Waals surface area contributed by atoms with Crippen LogP contribution >= 0.6 is 0 Å². The van der Waals surface area contributed by atoms with Crippen LogP contribution in [-0.2, 0) is 4.43 Å². The summed E-state index contributed by atoms with van der Waals surface area (Å²) in [4.78, 5) is 0. The first-order valence-electron chi connectivity index (χ1n) is 6.12. The molecule has 0 spiro atoms. The molecule has 2 nitrogen and oxygen atoms in total. The summed E-state index contributed by atoms with van der Waals surface area (Å²) in [5.41, 5.74) is 0. The minimum atomic E-state index is -1.56. The molecule has 1 N–H and O–H groups in total. The molecule has 2 atom stereocenters. The van der Waals surface area contributed by atoms with E-state index in [0.29, 0.717) is 17.1 Å². The molecule has 90 valence electrons. The average Bonchev–Trinajstić information content (AvgIpc) is 2.06. The smallest absolute Gasteiger partial charge is 0.192 e. The maximum absolute atomic E-state index is 6.45. The number of nitrogens with one attached hydrogen (secondary N) is 1. The van der Waals surface area contributed by atoms with E-state index in [1.54, 1.807) is 0 Å². The molecule has 1 heterocycles. The summed E-state index contributed by atoms with van der Waals surface area (Å²) >= 11 is 0. The van der Waals surface area contributed by atoms with Gasteiger partial charge in [0.2, 0.25) is 0 Å². The van der Waals surface area contributed by atoms with Crippen molar-refractivity contribution in [3.8, 4) is 0 Å². The average molecular weight is 229 g/mol. The van der Waals surface area contributed by atoms with Gasteiger partial charge in [-0.2, -0.15) is 0 Å². The van der Waals surface area contributed by atoms with Crippen molar-refractivity contribution in [2.75, 3.05) is 13.1 Å². The van der Waals surface area contributed by atoms with E-state index in [9.17, 15) is 0 Å². The Morgan fingerprint density at radius 2 is 1.87 bits per heavy atom. The Labute approximate surface area is 95.9 Å². The molecule has 1 saturated heterocycles. The van der Waals surface area contributed by atoms with Crippen LogP contribution in [0, 0.1) is 5.92 Å². The number of hydrogen-bond donors (Lipinski definition) is 1. The zero-order valence-corrected chi connectivity index (χ0v) is 12.2. The molecule has 0 saturated carbocycles. The van der Waals surface area contributed by atoms with Gasteiger partial charge in [0.15, 0.2) is 8.32 Å². The van der Waals surface area contributed by atoms with E-state index in [2.05, 4.69) is 46.1 Å². The summed E-state index contributed by atoms with van der Waals surface area (Å²) in [6.45, 7) is 16.2. The highest BCUT2D eigenvalue weighted by Gasteiger charge is 2.40. The molecule has 0 unspecified atom stereocenters. The Hall–Kier alpha value is 0.137. The van der Waals surface area contributed by atoms with Gasteiger partial charge in [0, 0.05) is 6.54 Å². The van der Waals surface area contributed by atoms with Crippen LogP contribution < -0.4 is 5.32 Å². The number of piperidine rings is 1. The molecular weight excluding hydrogens is 202 g/mol. The van der Waals surface area contributed by atoms with Gasteiger partial charge in [-0.1, -0.05) is 27.7 Å². The third kappa shape index (κ3) is 3.30. The third-order valence-electron chi connectivity index (χ3n) is 3.96. The Balaban J connectivity index is 2.59. The second kappa shape index (κ2) is 4.56. The van der Waals surface area contributed by atoms with Crippen molar-refractivity contribution in [2.24, 2.45) is 5.92 Å². The van der Waals surface area contributed by atoms with Crippen LogP contribution in [0.1, 0.15) is 34.1 Å². The Morgan fingerprint density at radius 1 is 1.27 bits per heavy atom. The maximum atomic E-state index is 6.45. The first kappa shape index (κ1) is 13.2. The molecule has 0 aromatic heterocycles. The molecule has 1 aliphatic rings. The van der Waals surface area contributed by atoms with Gasteiger partial charge in [0.25, 0.3) is 0 Å². The van der Waals surface area contributed by atoms with Crippen molar-refractivity contribution < 1.29 is 4.43 Å². The van der Waals surface area contributed by atoms with Gasteiger partial charge >= 0.3 is 0 Å². The standard InChI is InChI=1S/C12H27NOSi/c1-10-9-13-8-7-11(10)14-15(5,6)12(2,3)4/h10-11,13H,7-9H2,1-6H3/t10-,11+/m1/s1. The summed E-state index contributed by atoms with van der Waals surface area (Å²) in [6, 6.07) is 0. The highest BCUT2D eigenvalue weighted by atomic mass is 28.4. The van der Waals surface area contributed by atoms with E-state index in [4.69, 9.17) is 4.43 Å². The molecule has 0 radical (unpaired) electrons. The monoisotopic (exact) mass is 229 g/mol. The highest BCUT2D eigenvalue weighted by molar-refractivity contribution is 6.74. The predicted molar refractivity (Wildman–Crippen MR) is 68.7 cm³/mol. The van der Waals surface area contributed by atoms with Gasteiger partial charge in [-0.05, 0) is 37.0 Å². The zero-order chi connectivity index (χ0) is 11.7. The molecule has 0 aromatic carbocycles. The Morgan fingerprint density at radius 3 is 2.33 bits per heavy atom. The molecule has 0 bridgehead atoms. The zero-order valence-electron chi connectivity index (χ0n) is 11.2. The largest absolute Gasteiger partial charge is 0.414 e. The van der Waals surface area contributed by atoms with Crippen molar-refractivity contribution in [3.63, 3.8) is 0 Å². The van der Waals surface area contributed by atoms with E-state index >= 15 is 0 Å². The van der Waals surface area contributed by atoms with Crippen molar-refractivity contribution in [3.05, 3.63) is 0 Å². The normalized spacial score (nSPS) is 29.2. The van der Waals surface area contributed by atoms with Gasteiger partial charge in [-0.25, -0.2) is 0 Å². The van der Waals surface area contributed by atoms with Crippen LogP contribution in [-0.4, -0.2) is 27.5 Å². The fourth-order valence-corrected chi connectivity index (χ4v) is 3.18. The minimum absolute atomic E-state index is 0.331. The minimum Gasteiger partial charge on any atom is -0.414 e. The predicted octanol–water partition coefficient (Wildman–Crippen LogP) is 3.01. The van der Waals surface area contributed by atoms with Crippen LogP contribution in [0.2, 0.25) is 18.1 Å². The molecule has 0 amide bonds. The fraction of sp³-hybridized carbons (Fsp3) is 1.00. The van der Waals surface area contributed by atoms with Crippen LogP contribution in [0.15, 0.2) is 0 Å². The summed E-state index contributed by atoms with van der Waals surface area (Å²) in [7, 11) is -1.56. The van der Waals surface area contributed by atoms with E-state index in [1.165, 1.54) is 6.42 Å². The van der Waals surface area contributed by atoms with Crippen LogP contribution in [0.25, 0.3) is 0 Å². The second-order valence-electron chi connectivity index (χ2n) is 6.39. The third-order valence-corrected chi connectivity index (χ3v) is 8.46. The van der Waals surface area contributed by atoms with Crippen LogP contribution in [0.3, 0.4) is 0 Å². The molecule has 1 rings (SSSR count). The lowest BCUT2D eigenvalue weighted by Gasteiger charge is -2.42. The summed E-state index contributed by atoms with van der Waals surface area (Å²) in [6.07, 6.45) is 1.65. The molecule has 1 aliphatic heterocycles. The van der Waals surface area contributed by atoms with Crippen molar-refractivity contribution in [1.82, 2.24) is 5.32 Å². The Kier molecular flexibility index (Phi) is 4.01. The van der Waals surface area contributed by atoms with E-state index < -0.39 is 8.32 Å². The van der Waals surface area contributed by atoms with Crippen molar-refractivity contribution in [1.29, 1.82) is 0 Å². The summed E-state index contributed by atoms with van der Waals surface area (Å²) in [5, 5.41) is 3.76. The summed E-state index contributed by atoms with van der Waals surface area (Å²) < 4.78 is 6.45. The molecule has 3 heteroatoms. The van der Waals surface area contributed by atoms with Gasteiger partial charge in [-0.15, -0.1) is 0 Å². The maximum Gasteiger partial charge on any atom is 0.192 e.